The number of nitrogens with zero attached hydrogens (tertiary/aromatic N) is 1. The number of nitrogens with one attached hydrogen (secondary N) is 2. The van der Waals surface area contributed by atoms with E-state index in [1.807, 2.05) is 20.0 Å². The van der Waals surface area contributed by atoms with Crippen LogP contribution in [0.2, 0.25) is 5.02 Å². The molecule has 0 aliphatic rings. The first-order valence-electron chi connectivity index (χ1n) is 4.98. The second-order valence-electron chi connectivity index (χ2n) is 3.64. The van der Waals surface area contributed by atoms with Gasteiger partial charge in [0.2, 0.25) is 0 Å². The summed E-state index contributed by atoms with van der Waals surface area (Å²) in [5.74, 6) is 0. The van der Waals surface area contributed by atoms with Crippen LogP contribution in [0.1, 0.15) is 18.7 Å². The van der Waals surface area contributed by atoms with Crippen molar-refractivity contribution >= 4 is 22.4 Å². The zero-order valence-electron chi connectivity index (χ0n) is 9.04. The van der Waals surface area contributed by atoms with Gasteiger partial charge in [-0.15, -0.1) is 0 Å². The highest BCUT2D eigenvalue weighted by molar-refractivity contribution is 6.31. The highest BCUT2D eigenvalue weighted by Crippen LogP contribution is 2.21. The SMILES string of the molecule is CN[C@H](C)c1n[nH]c(=O)c2cc(Cl)ccc12. The van der Waals surface area contributed by atoms with Crippen molar-refractivity contribution < 1.29 is 0 Å². The molecule has 4 nitrogen and oxygen atoms in total. The summed E-state index contributed by atoms with van der Waals surface area (Å²) >= 11 is 5.87. The molecule has 0 fully saturated rings. The molecule has 1 heterocycles. The lowest BCUT2D eigenvalue weighted by atomic mass is 10.1. The topological polar surface area (TPSA) is 57.8 Å². The summed E-state index contributed by atoms with van der Waals surface area (Å²) in [4.78, 5) is 11.6. The van der Waals surface area contributed by atoms with Crippen LogP contribution < -0.4 is 10.9 Å². The molecule has 2 rings (SSSR count). The van der Waals surface area contributed by atoms with Gasteiger partial charge in [-0.3, -0.25) is 4.79 Å². The Morgan fingerprint density at radius 2 is 2.19 bits per heavy atom. The van der Waals surface area contributed by atoms with E-state index >= 15 is 0 Å². The number of benzene rings is 1. The molecule has 0 saturated heterocycles. The number of aromatic amines is 1. The summed E-state index contributed by atoms with van der Waals surface area (Å²) in [7, 11) is 1.85. The van der Waals surface area contributed by atoms with Crippen molar-refractivity contribution in [3.05, 3.63) is 39.3 Å². The maximum absolute atomic E-state index is 11.6. The van der Waals surface area contributed by atoms with Crippen LogP contribution in [0.4, 0.5) is 0 Å². The van der Waals surface area contributed by atoms with Gasteiger partial charge in [-0.05, 0) is 26.1 Å². The Hall–Kier alpha value is -1.39. The van der Waals surface area contributed by atoms with Crippen LogP contribution >= 0.6 is 11.6 Å². The lowest BCUT2D eigenvalue weighted by Gasteiger charge is -2.11. The fourth-order valence-corrected chi connectivity index (χ4v) is 1.80. The molecule has 0 aliphatic heterocycles. The van der Waals surface area contributed by atoms with Gasteiger partial charge in [0.15, 0.2) is 0 Å². The zero-order chi connectivity index (χ0) is 11.7. The van der Waals surface area contributed by atoms with Crippen LogP contribution in [-0.4, -0.2) is 17.2 Å². The van der Waals surface area contributed by atoms with Crippen LogP contribution in [0.5, 0.6) is 0 Å². The summed E-state index contributed by atoms with van der Waals surface area (Å²) in [6, 6.07) is 5.31. The van der Waals surface area contributed by atoms with Gasteiger partial charge >= 0.3 is 0 Å². The maximum atomic E-state index is 11.6. The van der Waals surface area contributed by atoms with Gasteiger partial charge in [-0.25, -0.2) is 5.10 Å². The minimum atomic E-state index is -0.218. The van der Waals surface area contributed by atoms with Gasteiger partial charge in [0.05, 0.1) is 11.1 Å². The molecule has 16 heavy (non-hydrogen) atoms. The third kappa shape index (κ3) is 1.81. The Kier molecular flexibility index (Phi) is 2.94. The molecule has 1 aromatic heterocycles. The Morgan fingerprint density at radius 1 is 1.44 bits per heavy atom. The summed E-state index contributed by atoms with van der Waals surface area (Å²) in [6.07, 6.45) is 0. The van der Waals surface area contributed by atoms with Crippen molar-refractivity contribution in [2.24, 2.45) is 0 Å². The smallest absolute Gasteiger partial charge is 0.272 e. The van der Waals surface area contributed by atoms with E-state index in [4.69, 9.17) is 11.6 Å². The van der Waals surface area contributed by atoms with Crippen molar-refractivity contribution in [1.82, 2.24) is 15.5 Å². The molecule has 0 saturated carbocycles. The fourth-order valence-electron chi connectivity index (χ4n) is 1.63. The lowest BCUT2D eigenvalue weighted by molar-refractivity contribution is 0.627. The molecule has 0 radical (unpaired) electrons. The van der Waals surface area contributed by atoms with E-state index < -0.39 is 0 Å². The number of hydrogen-bond acceptors (Lipinski definition) is 3. The standard InChI is InChI=1S/C11H12ClN3O/c1-6(13-2)10-8-4-3-7(12)5-9(8)11(16)15-14-10/h3-6,13H,1-2H3,(H,15,16)/t6-/m1/s1. The van der Waals surface area contributed by atoms with Crippen LogP contribution in [0.15, 0.2) is 23.0 Å². The van der Waals surface area contributed by atoms with E-state index in [9.17, 15) is 4.79 Å². The van der Waals surface area contributed by atoms with Gasteiger partial charge in [0.1, 0.15) is 0 Å². The summed E-state index contributed by atoms with van der Waals surface area (Å²) in [5, 5.41) is 11.6. The number of aromatic nitrogens is 2. The summed E-state index contributed by atoms with van der Waals surface area (Å²) in [5.41, 5.74) is 0.596. The fraction of sp³-hybridized carbons (Fsp3) is 0.273. The highest BCUT2D eigenvalue weighted by atomic mass is 35.5. The predicted molar refractivity (Wildman–Crippen MR) is 64.8 cm³/mol. The summed E-state index contributed by atoms with van der Waals surface area (Å²) < 4.78 is 0. The number of hydrogen-bond donors (Lipinski definition) is 2. The van der Waals surface area contributed by atoms with Gasteiger partial charge in [-0.2, -0.15) is 5.10 Å². The molecular formula is C11H12ClN3O. The number of halogens is 1. The largest absolute Gasteiger partial charge is 0.312 e. The number of fused-ring (bicyclic) bond motifs is 1. The third-order valence-corrected chi connectivity index (χ3v) is 2.86. The van der Waals surface area contributed by atoms with Gasteiger partial charge in [-0.1, -0.05) is 17.7 Å². The molecule has 2 aromatic rings. The molecule has 0 amide bonds. The number of rotatable bonds is 2. The van der Waals surface area contributed by atoms with Crippen LogP contribution in [0.25, 0.3) is 10.8 Å². The third-order valence-electron chi connectivity index (χ3n) is 2.62. The molecular weight excluding hydrogens is 226 g/mol. The second kappa shape index (κ2) is 4.23. The van der Waals surface area contributed by atoms with Crippen molar-refractivity contribution in [3.8, 4) is 0 Å². The molecule has 2 N–H and O–H groups in total. The molecule has 1 atom stereocenters. The molecule has 1 aromatic carbocycles. The monoisotopic (exact) mass is 237 g/mol. The Bertz CT molecular complexity index is 579. The van der Waals surface area contributed by atoms with Crippen LogP contribution in [0, 0.1) is 0 Å². The van der Waals surface area contributed by atoms with Gasteiger partial charge in [0.25, 0.3) is 5.56 Å². The van der Waals surface area contributed by atoms with Gasteiger partial charge in [0, 0.05) is 16.5 Å². The summed E-state index contributed by atoms with van der Waals surface area (Å²) in [6.45, 7) is 1.98. The molecule has 0 aliphatic carbocycles. The highest BCUT2D eigenvalue weighted by Gasteiger charge is 2.11. The molecule has 5 heteroatoms. The average Bonchev–Trinajstić information content (AvgIpc) is 2.29. The van der Waals surface area contributed by atoms with Crippen molar-refractivity contribution in [1.29, 1.82) is 0 Å². The lowest BCUT2D eigenvalue weighted by Crippen LogP contribution is -2.18. The maximum Gasteiger partial charge on any atom is 0.272 e. The van der Waals surface area contributed by atoms with E-state index in [-0.39, 0.29) is 11.6 Å². The first-order chi connectivity index (χ1) is 7.63. The molecule has 0 unspecified atom stereocenters. The van der Waals surface area contributed by atoms with E-state index in [0.29, 0.717) is 10.4 Å². The molecule has 84 valence electrons. The minimum absolute atomic E-state index is 0.0699. The first kappa shape index (κ1) is 11.1. The van der Waals surface area contributed by atoms with E-state index in [1.54, 1.807) is 12.1 Å². The molecule has 0 bridgehead atoms. The van der Waals surface area contributed by atoms with Crippen LogP contribution in [0.3, 0.4) is 0 Å². The van der Waals surface area contributed by atoms with E-state index in [0.717, 1.165) is 11.1 Å². The Labute approximate surface area is 97.6 Å². The quantitative estimate of drug-likeness (QED) is 0.838. The van der Waals surface area contributed by atoms with Crippen molar-refractivity contribution in [3.63, 3.8) is 0 Å². The van der Waals surface area contributed by atoms with E-state index in [1.165, 1.54) is 0 Å². The Balaban J connectivity index is 2.79. The minimum Gasteiger partial charge on any atom is -0.312 e. The van der Waals surface area contributed by atoms with Crippen LogP contribution in [-0.2, 0) is 0 Å². The predicted octanol–water partition coefficient (Wildman–Crippen LogP) is 1.86. The van der Waals surface area contributed by atoms with Crippen molar-refractivity contribution in [2.75, 3.05) is 7.05 Å². The second-order valence-corrected chi connectivity index (χ2v) is 4.07. The average molecular weight is 238 g/mol. The first-order valence-corrected chi connectivity index (χ1v) is 5.36. The zero-order valence-corrected chi connectivity index (χ0v) is 9.80. The number of H-pyrrole nitrogens is 1. The molecule has 0 spiro atoms. The van der Waals surface area contributed by atoms with Crippen molar-refractivity contribution in [2.45, 2.75) is 13.0 Å². The normalized spacial score (nSPS) is 12.9. The van der Waals surface area contributed by atoms with Gasteiger partial charge < -0.3 is 5.32 Å². The Morgan fingerprint density at radius 3 is 2.88 bits per heavy atom. The van der Waals surface area contributed by atoms with E-state index in [2.05, 4.69) is 15.5 Å².